The Balaban J connectivity index is 2.16. The molecular weight excluding hydrogens is 543 g/mol. The van der Waals surface area contributed by atoms with Gasteiger partial charge >= 0.3 is 11.7 Å². The molecule has 0 aliphatic heterocycles. The molecule has 2 aromatic carbocycles. The van der Waals surface area contributed by atoms with Crippen LogP contribution in [0, 0.1) is 0 Å². The lowest BCUT2D eigenvalue weighted by Gasteiger charge is -2.24. The minimum Gasteiger partial charge on any atom is -0.563 e. The number of carbonyl (C=O) groups is 1. The van der Waals surface area contributed by atoms with Crippen LogP contribution < -0.4 is 15.1 Å². The summed E-state index contributed by atoms with van der Waals surface area (Å²) < 4.78 is 40.5. The van der Waals surface area contributed by atoms with E-state index in [1.165, 1.54) is 38.2 Å². The second-order valence-corrected chi connectivity index (χ2v) is 10.7. The number of amides is 1. The molecular formula is C24H27Cl2N4O6S-. The van der Waals surface area contributed by atoms with E-state index in [1.807, 2.05) is 18.9 Å². The molecule has 200 valence electrons. The molecule has 0 atom stereocenters. The zero-order chi connectivity index (χ0) is 27.5. The summed E-state index contributed by atoms with van der Waals surface area (Å²) in [5.41, 5.74) is 1.11. The van der Waals surface area contributed by atoms with E-state index in [4.69, 9.17) is 32.4 Å². The summed E-state index contributed by atoms with van der Waals surface area (Å²) in [5.74, 6) is 0.0571. The summed E-state index contributed by atoms with van der Waals surface area (Å²) in [6, 6.07) is 7.75. The van der Waals surface area contributed by atoms with Gasteiger partial charge in [0.05, 0.1) is 5.02 Å². The lowest BCUT2D eigenvalue weighted by Crippen LogP contribution is -2.25. The molecule has 0 unspecified atom stereocenters. The van der Waals surface area contributed by atoms with Crippen molar-refractivity contribution >= 4 is 56.2 Å². The Kier molecular flexibility index (Phi) is 9.09. The number of nitrogens with one attached hydrogen (secondary N) is 1. The highest BCUT2D eigenvalue weighted by Crippen LogP contribution is 2.36. The van der Waals surface area contributed by atoms with Gasteiger partial charge in [-0.2, -0.15) is 0 Å². The molecule has 37 heavy (non-hydrogen) atoms. The van der Waals surface area contributed by atoms with Gasteiger partial charge in [-0.05, 0) is 37.8 Å². The third-order valence-electron chi connectivity index (χ3n) is 5.60. The monoisotopic (exact) mass is 569 g/mol. The van der Waals surface area contributed by atoms with Crippen molar-refractivity contribution in [2.45, 2.75) is 19.9 Å². The Morgan fingerprint density at radius 3 is 2.49 bits per heavy atom. The summed E-state index contributed by atoms with van der Waals surface area (Å²) >= 11 is 12.9. The van der Waals surface area contributed by atoms with E-state index in [0.717, 1.165) is 0 Å². The van der Waals surface area contributed by atoms with Crippen molar-refractivity contribution in [3.05, 3.63) is 72.2 Å². The van der Waals surface area contributed by atoms with E-state index in [1.54, 1.807) is 18.2 Å². The van der Waals surface area contributed by atoms with Crippen LogP contribution in [-0.2, 0) is 23.2 Å². The second-order valence-electron chi connectivity index (χ2n) is 8.42. The van der Waals surface area contributed by atoms with Crippen LogP contribution in [0.2, 0.25) is 10.0 Å². The van der Waals surface area contributed by atoms with Crippen LogP contribution in [0.25, 0.3) is 15.7 Å². The summed E-state index contributed by atoms with van der Waals surface area (Å²) in [6.07, 6.45) is -0.575. The number of halogens is 2. The summed E-state index contributed by atoms with van der Waals surface area (Å²) in [5, 5.41) is 0.831. The second kappa shape index (κ2) is 11.7. The maximum Gasteiger partial charge on any atom is 0.414 e. The van der Waals surface area contributed by atoms with Crippen LogP contribution in [-0.4, -0.2) is 59.0 Å². The fraction of sp³-hybridized carbons (Fsp3) is 0.333. The molecule has 13 heteroatoms. The van der Waals surface area contributed by atoms with Gasteiger partial charge in [-0.25, -0.2) is 22.7 Å². The minimum atomic E-state index is -3.92. The first-order valence-electron chi connectivity index (χ1n) is 11.2. The molecule has 1 amide bonds. The predicted molar refractivity (Wildman–Crippen MR) is 144 cm³/mol. The first-order chi connectivity index (χ1) is 17.4. The van der Waals surface area contributed by atoms with Crippen molar-refractivity contribution in [3.63, 3.8) is 0 Å². The number of fused-ring (bicyclic) bond motifs is 1. The molecule has 0 spiro atoms. The number of hydrogen-bond acceptors (Lipinski definition) is 7. The third kappa shape index (κ3) is 6.74. The summed E-state index contributed by atoms with van der Waals surface area (Å²) in [7, 11) is 2.28. The SMILES string of the molecule is CCN(C)Cc1c(Cc2cccc([N-]S(=O)(=O)NC)c2Cl)c(=O)oc2cc(OC(=O)N(C)C)c(Cl)cc12. The Bertz CT molecular complexity index is 1490. The first kappa shape index (κ1) is 28.7. The number of carbonyl (C=O) groups excluding carboxylic acids is 1. The molecule has 0 saturated heterocycles. The van der Waals surface area contributed by atoms with Crippen molar-refractivity contribution in [1.82, 2.24) is 14.5 Å². The highest BCUT2D eigenvalue weighted by atomic mass is 35.5. The van der Waals surface area contributed by atoms with Crippen LogP contribution >= 0.6 is 23.2 Å². The van der Waals surface area contributed by atoms with E-state index < -0.39 is 21.9 Å². The van der Waals surface area contributed by atoms with E-state index in [0.29, 0.717) is 35.2 Å². The fourth-order valence-corrected chi connectivity index (χ4v) is 4.44. The van der Waals surface area contributed by atoms with E-state index >= 15 is 0 Å². The van der Waals surface area contributed by atoms with Crippen LogP contribution in [0.5, 0.6) is 5.75 Å². The largest absolute Gasteiger partial charge is 0.563 e. The third-order valence-corrected chi connectivity index (χ3v) is 7.29. The number of hydrogen-bond donors (Lipinski definition) is 1. The quantitative estimate of drug-likeness (QED) is 0.371. The fourth-order valence-electron chi connectivity index (χ4n) is 3.45. The van der Waals surface area contributed by atoms with Gasteiger partial charge in [-0.3, -0.25) is 0 Å². The Hall–Kier alpha value is -2.83. The van der Waals surface area contributed by atoms with E-state index in [2.05, 4.69) is 9.44 Å². The molecule has 3 aromatic rings. The average Bonchev–Trinajstić information content (AvgIpc) is 2.84. The van der Waals surface area contributed by atoms with Crippen molar-refractivity contribution in [2.24, 2.45) is 0 Å². The van der Waals surface area contributed by atoms with Crippen LogP contribution in [0.3, 0.4) is 0 Å². The summed E-state index contributed by atoms with van der Waals surface area (Å²) in [6.45, 7) is 3.06. The maximum atomic E-state index is 13.2. The van der Waals surface area contributed by atoms with Crippen LogP contribution in [0.4, 0.5) is 10.5 Å². The zero-order valence-electron chi connectivity index (χ0n) is 21.0. The number of rotatable bonds is 9. The van der Waals surface area contributed by atoms with Gasteiger partial charge in [-0.1, -0.05) is 48.3 Å². The molecule has 0 fully saturated rings. The minimum absolute atomic E-state index is 0.0429. The molecule has 0 radical (unpaired) electrons. The predicted octanol–water partition coefficient (Wildman–Crippen LogP) is 4.67. The molecule has 3 rings (SSSR count). The van der Waals surface area contributed by atoms with Crippen LogP contribution in [0.15, 0.2) is 39.5 Å². The van der Waals surface area contributed by atoms with Gasteiger partial charge in [0.2, 0.25) is 0 Å². The highest BCUT2D eigenvalue weighted by Gasteiger charge is 2.21. The van der Waals surface area contributed by atoms with Gasteiger partial charge < -0.3 is 23.7 Å². The average molecular weight is 570 g/mol. The van der Waals surface area contributed by atoms with E-state index in [-0.39, 0.29) is 33.5 Å². The summed E-state index contributed by atoms with van der Waals surface area (Å²) in [4.78, 5) is 28.5. The maximum absolute atomic E-state index is 13.2. The van der Waals surface area contributed by atoms with Crippen molar-refractivity contribution in [1.29, 1.82) is 0 Å². The Labute approximate surface area is 225 Å². The highest BCUT2D eigenvalue weighted by molar-refractivity contribution is 7.92. The Morgan fingerprint density at radius 2 is 1.86 bits per heavy atom. The molecule has 0 aliphatic rings. The van der Waals surface area contributed by atoms with E-state index in [9.17, 15) is 18.0 Å². The molecule has 0 aliphatic carbocycles. The van der Waals surface area contributed by atoms with Gasteiger partial charge in [0.25, 0.3) is 0 Å². The molecule has 10 nitrogen and oxygen atoms in total. The van der Waals surface area contributed by atoms with Gasteiger partial charge in [-0.15, -0.1) is 5.69 Å². The topological polar surface area (TPSA) is 123 Å². The standard InChI is InChI=1S/C24H27Cl2N4O6S/c1-6-30(5)13-17-15-11-18(25)21(36-24(32)29(3)4)12-20(15)35-23(31)16(17)10-14-8-7-9-19(22(14)26)28-37(33,34)27-2/h7-9,11-12,27H,6,10,13H2,1-5H3/q-1. The number of nitrogens with zero attached hydrogens (tertiary/aromatic N) is 3. The first-order valence-corrected chi connectivity index (χ1v) is 13.4. The lowest BCUT2D eigenvalue weighted by molar-refractivity contribution is 0.172. The molecule has 1 N–H and O–H groups in total. The Morgan fingerprint density at radius 1 is 1.16 bits per heavy atom. The molecule has 0 bridgehead atoms. The van der Waals surface area contributed by atoms with Gasteiger partial charge in [0, 0.05) is 49.1 Å². The smallest absolute Gasteiger partial charge is 0.414 e. The van der Waals surface area contributed by atoms with Crippen molar-refractivity contribution in [2.75, 3.05) is 34.7 Å². The molecule has 1 aromatic heterocycles. The van der Waals surface area contributed by atoms with Crippen molar-refractivity contribution < 1.29 is 22.4 Å². The van der Waals surface area contributed by atoms with Gasteiger partial charge in [0.1, 0.15) is 5.58 Å². The molecule has 0 saturated carbocycles. The zero-order valence-corrected chi connectivity index (χ0v) is 23.3. The number of ether oxygens (including phenoxy) is 1. The number of benzene rings is 2. The van der Waals surface area contributed by atoms with Crippen molar-refractivity contribution in [3.8, 4) is 5.75 Å². The van der Waals surface area contributed by atoms with Gasteiger partial charge in [0.15, 0.2) is 16.0 Å². The lowest BCUT2D eigenvalue weighted by atomic mass is 9.97. The molecule has 1 heterocycles. The van der Waals surface area contributed by atoms with Crippen LogP contribution in [0.1, 0.15) is 23.6 Å². The normalized spacial score (nSPS) is 11.7.